The number of piperidine rings is 1. The van der Waals surface area contributed by atoms with Gasteiger partial charge in [0.25, 0.3) is 5.91 Å². The van der Waals surface area contributed by atoms with Gasteiger partial charge in [0.1, 0.15) is 5.69 Å². The summed E-state index contributed by atoms with van der Waals surface area (Å²) in [6, 6.07) is 13.0. The lowest BCUT2D eigenvalue weighted by Gasteiger charge is -2.32. The van der Waals surface area contributed by atoms with E-state index in [1.165, 1.54) is 0 Å². The molecule has 0 aromatic heterocycles. The van der Waals surface area contributed by atoms with Crippen molar-refractivity contribution in [2.75, 3.05) is 36.4 Å². The van der Waals surface area contributed by atoms with Gasteiger partial charge in [0.2, 0.25) is 11.7 Å². The Bertz CT molecular complexity index is 1180. The minimum absolute atomic E-state index is 0.00521. The van der Waals surface area contributed by atoms with Gasteiger partial charge in [-0.25, -0.2) is 4.99 Å². The number of hydrogen-bond donors (Lipinski definition) is 4. The zero-order valence-corrected chi connectivity index (χ0v) is 21.8. The number of amidine groups is 1. The van der Waals surface area contributed by atoms with Crippen molar-refractivity contribution in [3.05, 3.63) is 59.2 Å². The molecule has 0 radical (unpaired) electrons. The van der Waals surface area contributed by atoms with Crippen LogP contribution in [0.1, 0.15) is 61.9 Å². The zero-order valence-electron chi connectivity index (χ0n) is 21.8. The number of carbonyl (C=O) groups is 2. The number of aliphatic hydroxyl groups excluding tert-OH is 1. The van der Waals surface area contributed by atoms with Crippen LogP contribution in [0, 0.1) is 0 Å². The van der Waals surface area contributed by atoms with Crippen molar-refractivity contribution in [1.82, 2.24) is 4.90 Å². The third kappa shape index (κ3) is 6.57. The maximum Gasteiger partial charge on any atom is 0.255 e. The fraction of sp³-hybridized carbons (Fsp3) is 0.414. The third-order valence-corrected chi connectivity index (χ3v) is 6.76. The third-order valence-electron chi connectivity index (χ3n) is 6.76. The van der Waals surface area contributed by atoms with Crippen LogP contribution in [-0.2, 0) is 4.79 Å². The van der Waals surface area contributed by atoms with Gasteiger partial charge in [0.05, 0.1) is 12.5 Å². The molecule has 2 heterocycles. The lowest BCUT2D eigenvalue weighted by molar-refractivity contribution is -0.356. The Hall–Kier alpha value is -3.65. The first-order valence-electron chi connectivity index (χ1n) is 13.2. The first-order chi connectivity index (χ1) is 17.9. The molecule has 1 fully saturated rings. The van der Waals surface area contributed by atoms with Crippen molar-refractivity contribution in [3.8, 4) is 0 Å². The highest BCUT2D eigenvalue weighted by atomic mass is 16.3. The van der Waals surface area contributed by atoms with E-state index in [4.69, 9.17) is 5.73 Å². The fourth-order valence-electron chi connectivity index (χ4n) is 4.94. The van der Waals surface area contributed by atoms with Crippen molar-refractivity contribution in [3.63, 3.8) is 0 Å². The lowest BCUT2D eigenvalue weighted by Crippen LogP contribution is -2.69. The Morgan fingerprint density at radius 3 is 2.54 bits per heavy atom. The normalized spacial score (nSPS) is 17.3. The summed E-state index contributed by atoms with van der Waals surface area (Å²) in [5.74, 6) is 0.249. The van der Waals surface area contributed by atoms with Crippen LogP contribution in [0.3, 0.4) is 0 Å². The van der Waals surface area contributed by atoms with Crippen LogP contribution >= 0.6 is 0 Å². The Morgan fingerprint density at radius 1 is 1.14 bits per heavy atom. The highest BCUT2D eigenvalue weighted by Gasteiger charge is 2.23. The van der Waals surface area contributed by atoms with Gasteiger partial charge >= 0.3 is 0 Å². The number of amides is 2. The fourth-order valence-corrected chi connectivity index (χ4v) is 4.94. The molecule has 0 bridgehead atoms. The van der Waals surface area contributed by atoms with Gasteiger partial charge in [-0.2, -0.15) is 0 Å². The molecule has 0 spiro atoms. The summed E-state index contributed by atoms with van der Waals surface area (Å²) in [6.45, 7) is 7.10. The molecule has 5 N–H and O–H groups in total. The summed E-state index contributed by atoms with van der Waals surface area (Å²) in [6.07, 6.45) is 5.52. The van der Waals surface area contributed by atoms with E-state index in [2.05, 4.69) is 29.1 Å². The van der Waals surface area contributed by atoms with E-state index in [0.717, 1.165) is 43.5 Å². The SMILES string of the molecule is CCCN(CCC)C(=O)C1=Cc2ccc(C(=O)Nc3ccc(N4CCCC(O)C4)cc3)cc2[NH+]=C(N)C1. The van der Waals surface area contributed by atoms with Gasteiger partial charge in [-0.05, 0) is 74.2 Å². The predicted molar refractivity (Wildman–Crippen MR) is 148 cm³/mol. The first-order valence-corrected chi connectivity index (χ1v) is 13.2. The largest absolute Gasteiger partial charge is 0.391 e. The average Bonchev–Trinajstić information content (AvgIpc) is 3.06. The Balaban J connectivity index is 1.49. The lowest BCUT2D eigenvalue weighted by atomic mass is 10.0. The van der Waals surface area contributed by atoms with E-state index in [1.54, 1.807) is 12.1 Å². The highest BCUT2D eigenvalue weighted by Crippen LogP contribution is 2.24. The number of anilines is 2. The molecule has 4 rings (SSSR count). The van der Waals surface area contributed by atoms with E-state index >= 15 is 0 Å². The molecule has 2 aliphatic rings. The number of nitrogens with two attached hydrogens (primary N) is 1. The van der Waals surface area contributed by atoms with Gasteiger partial charge in [-0.1, -0.05) is 13.8 Å². The molecule has 0 saturated carbocycles. The van der Waals surface area contributed by atoms with E-state index in [0.29, 0.717) is 54.4 Å². The number of aliphatic hydroxyl groups is 1. The van der Waals surface area contributed by atoms with Crippen LogP contribution in [0.4, 0.5) is 17.1 Å². The molecular weight excluding hydrogens is 466 g/mol. The molecule has 8 nitrogen and oxygen atoms in total. The minimum Gasteiger partial charge on any atom is -0.391 e. The first kappa shape index (κ1) is 26.4. The van der Waals surface area contributed by atoms with E-state index in [-0.39, 0.29) is 17.9 Å². The van der Waals surface area contributed by atoms with Crippen LogP contribution in [0.5, 0.6) is 0 Å². The number of fused-ring (bicyclic) bond motifs is 1. The van der Waals surface area contributed by atoms with Crippen LogP contribution in [0.25, 0.3) is 6.08 Å². The van der Waals surface area contributed by atoms with Gasteiger partial charge in [-0.3, -0.25) is 15.3 Å². The summed E-state index contributed by atoms with van der Waals surface area (Å²) in [4.78, 5) is 33.4. The van der Waals surface area contributed by atoms with Crippen LogP contribution in [0.2, 0.25) is 0 Å². The monoisotopic (exact) mass is 504 g/mol. The summed E-state index contributed by atoms with van der Waals surface area (Å²) < 4.78 is 0. The Labute approximate surface area is 218 Å². The van der Waals surface area contributed by atoms with Crippen LogP contribution in [0.15, 0.2) is 48.0 Å². The average molecular weight is 505 g/mol. The standard InChI is InChI=1S/C29H37N5O3/c1-3-13-33(14-4-2)29(37)22-16-20-7-8-21(17-26(20)32-27(30)18-22)28(36)31-23-9-11-24(12-10-23)34-15-5-6-25(35)19-34/h7-12,16-17,25,35H,3-6,13-15,18-19H2,1-2H3,(H2,30,32)(H,31,36)/p+1. The number of nitrogens with one attached hydrogen (secondary N) is 2. The zero-order chi connectivity index (χ0) is 26.4. The van der Waals surface area contributed by atoms with Crippen LogP contribution < -0.4 is 20.9 Å². The van der Waals surface area contributed by atoms with Gasteiger partial charge < -0.3 is 20.2 Å². The molecular formula is C29H38N5O3+. The number of β-amino-alcohol motifs (C(OH)–C–C–N with tert-alkyl or cyclic N) is 1. The second kappa shape index (κ2) is 12.1. The van der Waals surface area contributed by atoms with E-state index in [1.807, 2.05) is 41.3 Å². The molecule has 196 valence electrons. The van der Waals surface area contributed by atoms with Crippen molar-refractivity contribution in [2.24, 2.45) is 5.73 Å². The smallest absolute Gasteiger partial charge is 0.255 e. The maximum atomic E-state index is 13.2. The molecule has 1 unspecified atom stereocenters. The van der Waals surface area contributed by atoms with Crippen molar-refractivity contribution >= 4 is 40.8 Å². The number of benzene rings is 2. The summed E-state index contributed by atoms with van der Waals surface area (Å²) in [7, 11) is 0. The van der Waals surface area contributed by atoms with Gasteiger partial charge in [0.15, 0.2) is 0 Å². The molecule has 37 heavy (non-hydrogen) atoms. The summed E-state index contributed by atoms with van der Waals surface area (Å²) in [5.41, 5.74) is 10.6. The van der Waals surface area contributed by atoms with Crippen molar-refractivity contribution in [2.45, 2.75) is 52.1 Å². The Morgan fingerprint density at radius 2 is 1.86 bits per heavy atom. The van der Waals surface area contributed by atoms with Crippen molar-refractivity contribution in [1.29, 1.82) is 0 Å². The topological polar surface area (TPSA) is 113 Å². The second-order valence-electron chi connectivity index (χ2n) is 9.83. The van der Waals surface area contributed by atoms with Crippen molar-refractivity contribution < 1.29 is 19.7 Å². The summed E-state index contributed by atoms with van der Waals surface area (Å²) in [5, 5.41) is 12.9. The maximum absolute atomic E-state index is 13.2. The molecule has 8 heteroatoms. The number of rotatable bonds is 8. The predicted octanol–water partition coefficient (Wildman–Crippen LogP) is 2.41. The molecule has 0 aliphatic carbocycles. The van der Waals surface area contributed by atoms with E-state index < -0.39 is 0 Å². The molecule has 2 amide bonds. The Kier molecular flexibility index (Phi) is 8.61. The second-order valence-corrected chi connectivity index (χ2v) is 9.83. The van der Waals surface area contributed by atoms with Gasteiger partial charge in [0, 0.05) is 54.3 Å². The number of hydrogen-bond acceptors (Lipinski definition) is 5. The molecule has 1 atom stereocenters. The number of nitrogens with zero attached hydrogens (tertiary/aromatic N) is 2. The minimum atomic E-state index is -0.295. The quantitative estimate of drug-likeness (QED) is 0.441. The summed E-state index contributed by atoms with van der Waals surface area (Å²) >= 11 is 0. The van der Waals surface area contributed by atoms with Crippen LogP contribution in [-0.4, -0.2) is 59.9 Å². The highest BCUT2D eigenvalue weighted by molar-refractivity contribution is 6.06. The van der Waals surface area contributed by atoms with E-state index in [9.17, 15) is 14.7 Å². The molecule has 1 saturated heterocycles. The molecule has 2 aliphatic heterocycles. The molecule has 2 aromatic carbocycles. The van der Waals surface area contributed by atoms with Gasteiger partial charge in [-0.15, -0.1) is 0 Å². The number of carbonyl (C=O) groups excluding carboxylic acids is 2. The molecule has 2 aromatic rings.